The Morgan fingerprint density at radius 1 is 1.00 bits per heavy atom. The Hall–Kier alpha value is -2.53. The van der Waals surface area contributed by atoms with Crippen LogP contribution in [-0.4, -0.2) is 19.9 Å². The fourth-order valence-electron chi connectivity index (χ4n) is 2.20. The van der Waals surface area contributed by atoms with Gasteiger partial charge in [0.25, 0.3) is 0 Å². The topological polar surface area (TPSA) is 50.9 Å². The van der Waals surface area contributed by atoms with Gasteiger partial charge in [0, 0.05) is 24.2 Å². The first-order chi connectivity index (χ1) is 10.2. The van der Waals surface area contributed by atoms with Crippen LogP contribution in [0.4, 0.5) is 4.39 Å². The third-order valence-corrected chi connectivity index (χ3v) is 3.29. The summed E-state index contributed by atoms with van der Waals surface area (Å²) in [5, 5.41) is 14.5. The fraction of sp³-hybridized carbons (Fsp3) is 0.125. The molecule has 1 N–H and O–H groups in total. The zero-order valence-electron chi connectivity index (χ0n) is 11.2. The third kappa shape index (κ3) is 2.98. The number of aliphatic hydroxyl groups is 1. The quantitative estimate of drug-likeness (QED) is 0.801. The van der Waals surface area contributed by atoms with Crippen LogP contribution in [0.15, 0.2) is 61.1 Å². The van der Waals surface area contributed by atoms with E-state index in [9.17, 15) is 9.50 Å². The molecule has 2 aromatic heterocycles. The number of halogens is 1. The van der Waals surface area contributed by atoms with Gasteiger partial charge >= 0.3 is 0 Å². The molecule has 0 saturated heterocycles. The van der Waals surface area contributed by atoms with Crippen LogP contribution in [0.5, 0.6) is 0 Å². The highest BCUT2D eigenvalue weighted by molar-refractivity contribution is 5.58. The molecular weight excluding hydrogens is 269 g/mol. The molecule has 0 radical (unpaired) electrons. The zero-order valence-corrected chi connectivity index (χ0v) is 11.2. The van der Waals surface area contributed by atoms with Crippen molar-refractivity contribution in [3.8, 4) is 11.3 Å². The van der Waals surface area contributed by atoms with Crippen LogP contribution in [0.25, 0.3) is 11.3 Å². The first kappa shape index (κ1) is 13.5. The molecule has 0 spiro atoms. The first-order valence-corrected chi connectivity index (χ1v) is 6.60. The van der Waals surface area contributed by atoms with Gasteiger partial charge in [-0.05, 0) is 35.9 Å². The predicted octanol–water partition coefficient (Wildman–Crippen LogP) is 2.82. The van der Waals surface area contributed by atoms with Crippen molar-refractivity contribution in [2.75, 3.05) is 0 Å². The lowest BCUT2D eigenvalue weighted by Gasteiger charge is -2.13. The van der Waals surface area contributed by atoms with Gasteiger partial charge in [-0.1, -0.05) is 12.1 Å². The molecule has 1 unspecified atom stereocenters. The van der Waals surface area contributed by atoms with E-state index in [-0.39, 0.29) is 5.82 Å². The first-order valence-electron chi connectivity index (χ1n) is 6.60. The lowest BCUT2D eigenvalue weighted by molar-refractivity contribution is 0.152. The molecule has 1 aromatic carbocycles. The van der Waals surface area contributed by atoms with Crippen molar-refractivity contribution in [3.05, 3.63) is 72.4 Å². The van der Waals surface area contributed by atoms with Crippen LogP contribution in [0.3, 0.4) is 0 Å². The number of aromatic nitrogens is 3. The van der Waals surface area contributed by atoms with Crippen molar-refractivity contribution >= 4 is 0 Å². The van der Waals surface area contributed by atoms with Crippen LogP contribution in [0.2, 0.25) is 0 Å². The standard InChI is InChI=1S/C16H14FN3O/c17-14-3-1-13(2-4-14)16(21)11-20-15(7-10-19-20)12-5-8-18-9-6-12/h1-10,16,21H,11H2. The Morgan fingerprint density at radius 3 is 2.43 bits per heavy atom. The van der Waals surface area contributed by atoms with E-state index in [1.807, 2.05) is 18.2 Å². The molecule has 0 aliphatic heterocycles. The number of hydrogen-bond donors (Lipinski definition) is 1. The summed E-state index contributed by atoms with van der Waals surface area (Å²) in [5.41, 5.74) is 2.54. The predicted molar refractivity (Wildman–Crippen MR) is 76.8 cm³/mol. The van der Waals surface area contributed by atoms with Crippen molar-refractivity contribution in [3.63, 3.8) is 0 Å². The zero-order chi connectivity index (χ0) is 14.7. The van der Waals surface area contributed by atoms with Crippen molar-refractivity contribution in [1.82, 2.24) is 14.8 Å². The average molecular weight is 283 g/mol. The highest BCUT2D eigenvalue weighted by atomic mass is 19.1. The maximum Gasteiger partial charge on any atom is 0.123 e. The molecule has 0 aliphatic rings. The largest absolute Gasteiger partial charge is 0.386 e. The van der Waals surface area contributed by atoms with Gasteiger partial charge in [-0.25, -0.2) is 4.39 Å². The van der Waals surface area contributed by atoms with Gasteiger partial charge in [0.2, 0.25) is 0 Å². The van der Waals surface area contributed by atoms with Crippen molar-refractivity contribution in [2.45, 2.75) is 12.6 Å². The van der Waals surface area contributed by atoms with E-state index < -0.39 is 6.10 Å². The van der Waals surface area contributed by atoms with Crippen molar-refractivity contribution in [2.24, 2.45) is 0 Å². The minimum atomic E-state index is -0.744. The summed E-state index contributed by atoms with van der Waals surface area (Å²) >= 11 is 0. The smallest absolute Gasteiger partial charge is 0.123 e. The lowest BCUT2D eigenvalue weighted by Crippen LogP contribution is -2.11. The van der Waals surface area contributed by atoms with Gasteiger partial charge in [-0.15, -0.1) is 0 Å². The van der Waals surface area contributed by atoms with E-state index in [0.29, 0.717) is 12.1 Å². The maximum absolute atomic E-state index is 12.9. The molecule has 1 atom stereocenters. The summed E-state index contributed by atoms with van der Waals surface area (Å²) in [7, 11) is 0. The van der Waals surface area contributed by atoms with Crippen molar-refractivity contribution < 1.29 is 9.50 Å². The fourth-order valence-corrected chi connectivity index (χ4v) is 2.20. The van der Waals surface area contributed by atoms with Gasteiger partial charge in [-0.2, -0.15) is 5.10 Å². The summed E-state index contributed by atoms with van der Waals surface area (Å²) in [6, 6.07) is 11.5. The molecule has 3 aromatic rings. The van der Waals surface area contributed by atoms with E-state index in [0.717, 1.165) is 11.3 Å². The number of pyridine rings is 1. The molecule has 106 valence electrons. The van der Waals surface area contributed by atoms with Gasteiger partial charge in [0.15, 0.2) is 0 Å². The highest BCUT2D eigenvalue weighted by Crippen LogP contribution is 2.21. The summed E-state index contributed by atoms with van der Waals surface area (Å²) in [5.74, 6) is -0.317. The SMILES string of the molecule is OC(Cn1nccc1-c1ccncc1)c1ccc(F)cc1. The van der Waals surface area contributed by atoms with Gasteiger partial charge < -0.3 is 5.11 Å². The Balaban J connectivity index is 1.83. The van der Waals surface area contributed by atoms with E-state index in [1.54, 1.807) is 35.4 Å². The molecule has 0 aliphatic carbocycles. The highest BCUT2D eigenvalue weighted by Gasteiger charge is 2.12. The third-order valence-electron chi connectivity index (χ3n) is 3.29. The van der Waals surface area contributed by atoms with E-state index in [4.69, 9.17) is 0 Å². The molecule has 5 heteroatoms. The summed E-state index contributed by atoms with van der Waals surface area (Å²) < 4.78 is 14.6. The Labute approximate surface area is 121 Å². The molecule has 0 amide bonds. The molecule has 2 heterocycles. The van der Waals surface area contributed by atoms with Gasteiger partial charge in [0.1, 0.15) is 5.82 Å². The van der Waals surface area contributed by atoms with E-state index in [1.165, 1.54) is 12.1 Å². The van der Waals surface area contributed by atoms with E-state index in [2.05, 4.69) is 10.1 Å². The summed E-state index contributed by atoms with van der Waals surface area (Å²) in [6.07, 6.45) is 4.37. The maximum atomic E-state index is 12.9. The minimum absolute atomic E-state index is 0.302. The molecule has 4 nitrogen and oxygen atoms in total. The second kappa shape index (κ2) is 5.85. The monoisotopic (exact) mass is 283 g/mol. The molecular formula is C16H14FN3O. The van der Waals surface area contributed by atoms with Gasteiger partial charge in [-0.3, -0.25) is 9.67 Å². The second-order valence-corrected chi connectivity index (χ2v) is 4.70. The summed E-state index contributed by atoms with van der Waals surface area (Å²) in [6.45, 7) is 0.302. The van der Waals surface area contributed by atoms with Crippen LogP contribution < -0.4 is 0 Å². The minimum Gasteiger partial charge on any atom is -0.386 e. The molecule has 0 saturated carbocycles. The lowest BCUT2D eigenvalue weighted by atomic mass is 10.1. The normalized spacial score (nSPS) is 12.3. The summed E-state index contributed by atoms with van der Waals surface area (Å²) in [4.78, 5) is 3.99. The number of rotatable bonds is 4. The number of benzene rings is 1. The van der Waals surface area contributed by atoms with Crippen molar-refractivity contribution in [1.29, 1.82) is 0 Å². The van der Waals surface area contributed by atoms with Crippen LogP contribution in [-0.2, 0) is 6.54 Å². The van der Waals surface area contributed by atoms with Crippen LogP contribution in [0.1, 0.15) is 11.7 Å². The van der Waals surface area contributed by atoms with Crippen LogP contribution >= 0.6 is 0 Å². The number of hydrogen-bond acceptors (Lipinski definition) is 3. The van der Waals surface area contributed by atoms with E-state index >= 15 is 0 Å². The Bertz CT molecular complexity index is 710. The molecule has 3 rings (SSSR count). The Morgan fingerprint density at radius 2 is 1.71 bits per heavy atom. The molecule has 21 heavy (non-hydrogen) atoms. The van der Waals surface area contributed by atoms with Gasteiger partial charge in [0.05, 0.1) is 18.3 Å². The number of aliphatic hydroxyl groups excluding tert-OH is 1. The Kier molecular flexibility index (Phi) is 3.75. The number of nitrogens with zero attached hydrogens (tertiary/aromatic N) is 3. The average Bonchev–Trinajstić information content (AvgIpc) is 2.97. The van der Waals surface area contributed by atoms with Crippen LogP contribution in [0, 0.1) is 5.82 Å². The molecule has 0 bridgehead atoms. The second-order valence-electron chi connectivity index (χ2n) is 4.70. The molecule has 0 fully saturated rings.